The monoisotopic (exact) mass is 683 g/mol. The van der Waals surface area contributed by atoms with Gasteiger partial charge in [0.1, 0.15) is 5.60 Å². The number of carbonyl (C=O) groups is 4. The second-order valence-electron chi connectivity index (χ2n) is 13.5. The largest absolute Gasteiger partial charge is 0.384 e. The highest BCUT2D eigenvalue weighted by Gasteiger charge is 2.50. The second kappa shape index (κ2) is 18.1. The first kappa shape index (κ1) is 37.0. The lowest BCUT2D eigenvalue weighted by Crippen LogP contribution is -2.50. The predicted octanol–water partition coefficient (Wildman–Crippen LogP) is 3.49. The van der Waals surface area contributed by atoms with Crippen molar-refractivity contribution in [3.8, 4) is 0 Å². The average Bonchev–Trinajstić information content (AvgIpc) is 3.89. The van der Waals surface area contributed by atoms with Crippen molar-refractivity contribution in [2.24, 2.45) is 5.92 Å². The molecule has 2 N–H and O–H groups in total. The van der Waals surface area contributed by atoms with E-state index < -0.39 is 29.5 Å². The number of benzene rings is 3. The molecule has 2 fully saturated rings. The van der Waals surface area contributed by atoms with Gasteiger partial charge < -0.3 is 24.8 Å². The van der Waals surface area contributed by atoms with Gasteiger partial charge in [0.2, 0.25) is 11.8 Å². The number of aryl methyl sites for hydroxylation is 1. The van der Waals surface area contributed by atoms with Crippen LogP contribution in [0.3, 0.4) is 0 Å². The van der Waals surface area contributed by atoms with Crippen molar-refractivity contribution in [2.75, 3.05) is 46.6 Å². The molecule has 0 saturated carbocycles. The van der Waals surface area contributed by atoms with E-state index in [-0.39, 0.29) is 36.9 Å². The Morgan fingerprint density at radius 1 is 0.820 bits per heavy atom. The number of epoxide rings is 1. The van der Waals surface area contributed by atoms with E-state index in [2.05, 4.69) is 15.5 Å². The van der Waals surface area contributed by atoms with Crippen molar-refractivity contribution < 1.29 is 33.4 Å². The third-order valence-electron chi connectivity index (χ3n) is 9.39. The molecule has 10 nitrogen and oxygen atoms in total. The number of ketones is 2. The standard InChI is InChI=1S/C40H49N3O7/c1-40(28-50-40)38(46)35(23-30-11-7-4-8-12-30)42-39(47)33(27-48-2)25-36(44)34(18-17-29-9-5-3-6-10-29)41-37(45)24-31-13-15-32(16-14-31)26-43-19-21-49-22-20-43/h3-16,33-35H,17-28H2,1-2H3,(H,41,45)(H,42,47)/t33-,34-,35-,40+/m0/s1. The molecule has 3 aromatic carbocycles. The van der Waals surface area contributed by atoms with Gasteiger partial charge in [0.15, 0.2) is 11.6 Å². The fourth-order valence-electron chi connectivity index (χ4n) is 6.26. The maximum absolute atomic E-state index is 13.9. The molecule has 2 heterocycles. The van der Waals surface area contributed by atoms with E-state index in [1.54, 1.807) is 6.92 Å². The Bertz CT molecular complexity index is 1550. The van der Waals surface area contributed by atoms with E-state index in [9.17, 15) is 19.2 Å². The smallest absolute Gasteiger partial charge is 0.226 e. The van der Waals surface area contributed by atoms with Gasteiger partial charge in [-0.15, -0.1) is 0 Å². The fraction of sp³-hybridized carbons (Fsp3) is 0.450. The minimum atomic E-state index is -0.935. The molecular weight excluding hydrogens is 634 g/mol. The summed E-state index contributed by atoms with van der Waals surface area (Å²) in [5.74, 6) is -2.06. The first-order valence-corrected chi connectivity index (χ1v) is 17.5. The molecule has 4 atom stereocenters. The van der Waals surface area contributed by atoms with Crippen LogP contribution in [0.5, 0.6) is 0 Å². The average molecular weight is 684 g/mol. The van der Waals surface area contributed by atoms with Crippen LogP contribution >= 0.6 is 0 Å². The summed E-state index contributed by atoms with van der Waals surface area (Å²) in [7, 11) is 1.47. The van der Waals surface area contributed by atoms with Gasteiger partial charge in [0.25, 0.3) is 0 Å². The van der Waals surface area contributed by atoms with E-state index in [0.717, 1.165) is 49.5 Å². The summed E-state index contributed by atoms with van der Waals surface area (Å²) in [4.78, 5) is 56.7. The number of morpholine rings is 1. The molecule has 3 aromatic rings. The molecule has 0 aliphatic carbocycles. The molecule has 266 valence electrons. The third kappa shape index (κ3) is 11.1. The minimum Gasteiger partial charge on any atom is -0.384 e. The van der Waals surface area contributed by atoms with E-state index in [1.165, 1.54) is 12.7 Å². The summed E-state index contributed by atoms with van der Waals surface area (Å²) in [6.45, 7) is 6.10. The summed E-state index contributed by atoms with van der Waals surface area (Å²) < 4.78 is 16.2. The van der Waals surface area contributed by atoms with Crippen LogP contribution < -0.4 is 10.6 Å². The van der Waals surface area contributed by atoms with Gasteiger partial charge in [-0.25, -0.2) is 0 Å². The van der Waals surface area contributed by atoms with Crippen molar-refractivity contribution in [1.82, 2.24) is 15.5 Å². The van der Waals surface area contributed by atoms with E-state index in [4.69, 9.17) is 14.2 Å². The third-order valence-corrected chi connectivity index (χ3v) is 9.39. The van der Waals surface area contributed by atoms with Crippen LogP contribution in [0.15, 0.2) is 84.9 Å². The van der Waals surface area contributed by atoms with Gasteiger partial charge in [0, 0.05) is 33.2 Å². The molecule has 50 heavy (non-hydrogen) atoms. The molecule has 0 spiro atoms. The van der Waals surface area contributed by atoms with Crippen molar-refractivity contribution in [3.05, 3.63) is 107 Å². The summed E-state index contributed by atoms with van der Waals surface area (Å²) in [6.07, 6.45) is 1.21. The lowest BCUT2D eigenvalue weighted by molar-refractivity contribution is -0.135. The van der Waals surface area contributed by atoms with Crippen LogP contribution in [-0.4, -0.2) is 92.6 Å². The van der Waals surface area contributed by atoms with Crippen LogP contribution in [0.25, 0.3) is 0 Å². The quantitative estimate of drug-likeness (QED) is 0.184. The number of methoxy groups -OCH3 is 1. The Hall–Kier alpha value is -4.22. The lowest BCUT2D eigenvalue weighted by Gasteiger charge is -2.26. The number of nitrogens with zero attached hydrogens (tertiary/aromatic N) is 1. The normalized spacial score (nSPS) is 19.2. The predicted molar refractivity (Wildman–Crippen MR) is 189 cm³/mol. The van der Waals surface area contributed by atoms with Crippen LogP contribution in [0.4, 0.5) is 0 Å². The Morgan fingerprint density at radius 3 is 2.06 bits per heavy atom. The summed E-state index contributed by atoms with van der Waals surface area (Å²) >= 11 is 0. The molecule has 2 aliphatic heterocycles. The highest BCUT2D eigenvalue weighted by atomic mass is 16.6. The number of hydrogen-bond acceptors (Lipinski definition) is 8. The van der Waals surface area contributed by atoms with E-state index >= 15 is 0 Å². The molecule has 2 saturated heterocycles. The van der Waals surface area contributed by atoms with E-state index in [1.807, 2.05) is 84.9 Å². The molecular formula is C40H49N3O7. The van der Waals surface area contributed by atoms with Crippen LogP contribution in [0.1, 0.15) is 42.0 Å². The number of carbonyl (C=O) groups excluding carboxylic acids is 4. The molecule has 0 radical (unpaired) electrons. The minimum absolute atomic E-state index is 0.0201. The maximum atomic E-state index is 13.9. The van der Waals surface area contributed by atoms with Gasteiger partial charge in [0.05, 0.1) is 50.8 Å². The number of Topliss-reactive ketones (excluding diaryl/α,β-unsaturated/α-hetero) is 2. The van der Waals surface area contributed by atoms with Gasteiger partial charge in [-0.1, -0.05) is 84.9 Å². The molecule has 10 heteroatoms. The van der Waals surface area contributed by atoms with Crippen molar-refractivity contribution in [2.45, 2.75) is 63.3 Å². The maximum Gasteiger partial charge on any atom is 0.226 e. The van der Waals surface area contributed by atoms with Gasteiger partial charge >= 0.3 is 0 Å². The Labute approximate surface area is 294 Å². The first-order valence-electron chi connectivity index (χ1n) is 17.5. The molecule has 2 amide bonds. The van der Waals surface area contributed by atoms with Crippen LogP contribution in [-0.2, 0) is 59.2 Å². The molecule has 5 rings (SSSR count). The highest BCUT2D eigenvalue weighted by molar-refractivity contribution is 5.98. The first-order chi connectivity index (χ1) is 24.2. The highest BCUT2D eigenvalue weighted by Crippen LogP contribution is 2.29. The zero-order chi connectivity index (χ0) is 35.3. The Kier molecular flexibility index (Phi) is 13.4. The number of hydrogen-bond donors (Lipinski definition) is 2. The van der Waals surface area contributed by atoms with Gasteiger partial charge in [-0.05, 0) is 48.4 Å². The number of ether oxygens (including phenoxy) is 3. The molecule has 0 bridgehead atoms. The van der Waals surface area contributed by atoms with Crippen molar-refractivity contribution >= 4 is 23.4 Å². The van der Waals surface area contributed by atoms with Crippen molar-refractivity contribution in [3.63, 3.8) is 0 Å². The molecule has 0 unspecified atom stereocenters. The fourth-order valence-corrected chi connectivity index (χ4v) is 6.26. The molecule has 0 aromatic heterocycles. The molecule has 2 aliphatic rings. The van der Waals surface area contributed by atoms with Gasteiger partial charge in [-0.3, -0.25) is 24.1 Å². The second-order valence-corrected chi connectivity index (χ2v) is 13.5. The van der Waals surface area contributed by atoms with Gasteiger partial charge in [-0.2, -0.15) is 0 Å². The number of rotatable bonds is 19. The van der Waals surface area contributed by atoms with Crippen LogP contribution in [0, 0.1) is 5.92 Å². The zero-order valence-corrected chi connectivity index (χ0v) is 29.1. The number of amides is 2. The number of nitrogens with one attached hydrogen (secondary N) is 2. The summed E-state index contributed by atoms with van der Waals surface area (Å²) in [6, 6.07) is 25.6. The van der Waals surface area contributed by atoms with Crippen LogP contribution in [0.2, 0.25) is 0 Å². The Balaban J connectivity index is 1.24. The van der Waals surface area contributed by atoms with E-state index in [0.29, 0.717) is 25.9 Å². The van der Waals surface area contributed by atoms with Crippen molar-refractivity contribution in [1.29, 1.82) is 0 Å². The SMILES string of the molecule is COC[C@H](CC(=O)[C@H](CCc1ccccc1)NC(=O)Cc1ccc(CN2CCOCC2)cc1)C(=O)N[C@@H](Cc1ccccc1)C(=O)[C@@]1(C)CO1. The summed E-state index contributed by atoms with van der Waals surface area (Å²) in [5, 5.41) is 5.87. The topological polar surface area (TPSA) is 127 Å². The zero-order valence-electron chi connectivity index (χ0n) is 29.1. The Morgan fingerprint density at radius 2 is 1.44 bits per heavy atom. The summed E-state index contributed by atoms with van der Waals surface area (Å²) in [5.41, 5.74) is 3.02. The lowest BCUT2D eigenvalue weighted by atomic mass is 9.92.